The third-order valence-corrected chi connectivity index (χ3v) is 13.1. The molecule has 2 saturated heterocycles. The molecule has 2 amide bonds. The van der Waals surface area contributed by atoms with Crippen molar-refractivity contribution in [1.29, 1.82) is 0 Å². The van der Waals surface area contributed by atoms with Crippen molar-refractivity contribution in [2.75, 3.05) is 26.2 Å². The van der Waals surface area contributed by atoms with Gasteiger partial charge in [-0.05, 0) is 103 Å². The van der Waals surface area contributed by atoms with Gasteiger partial charge >= 0.3 is 5.97 Å². The van der Waals surface area contributed by atoms with Crippen molar-refractivity contribution in [2.45, 2.75) is 116 Å². The first-order chi connectivity index (χ1) is 26.3. The largest absolute Gasteiger partial charge is 0.460 e. The van der Waals surface area contributed by atoms with Crippen LogP contribution in [0.5, 0.6) is 0 Å². The summed E-state index contributed by atoms with van der Waals surface area (Å²) >= 11 is 3.36. The van der Waals surface area contributed by atoms with Gasteiger partial charge < -0.3 is 20.3 Å². The molecule has 8 rings (SSSR count). The number of rotatable bonds is 8. The van der Waals surface area contributed by atoms with Gasteiger partial charge in [0.2, 0.25) is 0 Å². The molecule has 292 valence electrons. The summed E-state index contributed by atoms with van der Waals surface area (Å²) in [5.41, 5.74) is 11.3. The second kappa shape index (κ2) is 16.7. The number of carbonyl (C=O) groups is 3. The normalized spacial score (nSPS) is 20.1. The Morgan fingerprint density at radius 3 is 1.69 bits per heavy atom. The summed E-state index contributed by atoms with van der Waals surface area (Å²) in [5, 5.41) is 2.21. The number of nitrogens with two attached hydrogens (primary N) is 1. The Hall–Kier alpha value is -3.93. The first-order valence-electron chi connectivity index (χ1n) is 20.0. The molecule has 2 aromatic carbocycles. The number of esters is 1. The highest BCUT2D eigenvalue weighted by Crippen LogP contribution is 2.46. The maximum Gasteiger partial charge on any atom is 0.306 e. The average Bonchev–Trinajstić information content (AvgIpc) is 4.09. The van der Waals surface area contributed by atoms with Gasteiger partial charge in [-0.25, -0.2) is 9.97 Å². The van der Waals surface area contributed by atoms with Crippen LogP contribution in [0.4, 0.5) is 0 Å². The minimum absolute atomic E-state index is 0.00598. The smallest absolute Gasteiger partial charge is 0.306 e. The molecule has 4 fully saturated rings. The number of amides is 2. The zero-order valence-corrected chi connectivity index (χ0v) is 34.6. The predicted octanol–water partition coefficient (Wildman–Crippen LogP) is 9.14. The molecule has 0 unspecified atom stereocenters. The molecule has 55 heavy (non-hydrogen) atoms. The number of likely N-dealkylation sites (tertiary alicyclic amines) is 2. The van der Waals surface area contributed by atoms with Crippen LogP contribution in [-0.4, -0.2) is 75.4 Å². The average molecular weight is 782 g/mol. The molecule has 2 aliphatic carbocycles. The van der Waals surface area contributed by atoms with E-state index in [0.29, 0.717) is 49.3 Å². The van der Waals surface area contributed by atoms with Crippen LogP contribution >= 0.6 is 22.7 Å². The summed E-state index contributed by atoms with van der Waals surface area (Å²) in [6.45, 7) is 12.5. The third kappa shape index (κ3) is 10.1. The molecule has 2 aromatic heterocycles. The Kier molecular flexibility index (Phi) is 11.9. The molecule has 0 bridgehead atoms. The van der Waals surface area contributed by atoms with E-state index in [1.807, 2.05) is 42.7 Å². The molecule has 4 aromatic rings. The molecule has 11 heteroatoms. The van der Waals surface area contributed by atoms with Crippen molar-refractivity contribution in [3.8, 4) is 20.9 Å². The number of hydrogen-bond acceptors (Lipinski definition) is 9. The summed E-state index contributed by atoms with van der Waals surface area (Å²) < 4.78 is 5.49. The van der Waals surface area contributed by atoms with Crippen molar-refractivity contribution in [3.63, 3.8) is 0 Å². The van der Waals surface area contributed by atoms with Crippen LogP contribution in [0.2, 0.25) is 0 Å². The zero-order valence-electron chi connectivity index (χ0n) is 32.9. The van der Waals surface area contributed by atoms with Crippen molar-refractivity contribution in [1.82, 2.24) is 19.8 Å². The first kappa shape index (κ1) is 39.3. The maximum atomic E-state index is 13.5. The lowest BCUT2D eigenvalue weighted by Crippen LogP contribution is -2.45. The van der Waals surface area contributed by atoms with Crippen molar-refractivity contribution in [2.24, 2.45) is 11.7 Å². The van der Waals surface area contributed by atoms with Crippen LogP contribution in [0.15, 0.2) is 48.5 Å². The highest BCUT2D eigenvalue weighted by Gasteiger charge is 2.35. The van der Waals surface area contributed by atoms with Crippen LogP contribution in [-0.2, 0) is 9.53 Å². The summed E-state index contributed by atoms with van der Waals surface area (Å²) in [5.74, 6) is 1.06. The molecule has 2 aliphatic heterocycles. The van der Waals surface area contributed by atoms with E-state index in [2.05, 4.69) is 50.2 Å². The van der Waals surface area contributed by atoms with Crippen molar-refractivity contribution >= 4 is 40.5 Å². The van der Waals surface area contributed by atoms with E-state index in [1.54, 1.807) is 22.7 Å². The summed E-state index contributed by atoms with van der Waals surface area (Å²) in [6.07, 6.45) is 8.90. The molecule has 4 heterocycles. The number of nitrogens with zero attached hydrogens (tertiary/aromatic N) is 4. The summed E-state index contributed by atoms with van der Waals surface area (Å²) in [6, 6.07) is 16.7. The van der Waals surface area contributed by atoms with Crippen LogP contribution in [0, 0.1) is 19.8 Å². The fraction of sp³-hybridized carbons (Fsp3) is 0.523. The Morgan fingerprint density at radius 1 is 0.745 bits per heavy atom. The number of ether oxygens (including phenoxy) is 1. The van der Waals surface area contributed by atoms with E-state index < -0.39 is 5.60 Å². The standard InChI is InChI=1S/C25H32N2O3S.C19H23N3OS/c1-16-7-5-9-19(13-16)22-21(26-23(31-22)18-10-11-18)24(29)27-12-6-8-17(15-27)14-20(28)30-25(2,3)4;1-12-4-2-5-14(10-12)17-16(21-18(24-17)13-7-8-13)19(23)22-9-3-6-15(20)11-22/h5,7,9,13,17-18H,6,8,10-12,14-15H2,1-4H3;2,4-5,10,13,15H,3,6-9,11,20H2,1H3/t17-;15-/m01/s1. The first-order valence-corrected chi connectivity index (χ1v) is 21.7. The monoisotopic (exact) mass is 781 g/mol. The molecule has 9 nitrogen and oxygen atoms in total. The van der Waals surface area contributed by atoms with E-state index in [4.69, 9.17) is 20.4 Å². The van der Waals surface area contributed by atoms with Gasteiger partial charge in [-0.15, -0.1) is 22.7 Å². The summed E-state index contributed by atoms with van der Waals surface area (Å²) in [4.78, 5) is 54.3. The Labute approximate surface area is 333 Å². The van der Waals surface area contributed by atoms with Gasteiger partial charge in [0.15, 0.2) is 0 Å². The second-order valence-corrected chi connectivity index (χ2v) is 19.0. The number of piperidine rings is 2. The minimum atomic E-state index is -0.482. The van der Waals surface area contributed by atoms with Gasteiger partial charge in [0.1, 0.15) is 17.0 Å². The SMILES string of the molecule is Cc1cccc(-c2sc(C3CC3)nc2C(=O)N2CCC[C@@H](CC(=O)OC(C)(C)C)C2)c1.Cc1cccc(-c2sc(C3CC3)nc2C(=O)N2CCC[C@@H](N)C2)c1. The Bertz CT molecular complexity index is 2020. The van der Waals surface area contributed by atoms with Gasteiger partial charge in [0, 0.05) is 44.1 Å². The second-order valence-electron chi connectivity index (χ2n) is 17.0. The van der Waals surface area contributed by atoms with Gasteiger partial charge in [0.25, 0.3) is 11.8 Å². The van der Waals surface area contributed by atoms with Crippen LogP contribution < -0.4 is 5.73 Å². The number of aryl methyl sites for hydroxylation is 2. The molecule has 0 radical (unpaired) electrons. The van der Waals surface area contributed by atoms with E-state index in [-0.39, 0.29) is 29.7 Å². The lowest BCUT2D eigenvalue weighted by Gasteiger charge is -2.32. The highest BCUT2D eigenvalue weighted by atomic mass is 32.1. The van der Waals surface area contributed by atoms with Gasteiger partial charge in [0.05, 0.1) is 26.2 Å². The van der Waals surface area contributed by atoms with Crippen LogP contribution in [0.3, 0.4) is 0 Å². The summed E-state index contributed by atoms with van der Waals surface area (Å²) in [7, 11) is 0. The van der Waals surface area contributed by atoms with E-state index in [0.717, 1.165) is 76.0 Å². The molecule has 4 aliphatic rings. The predicted molar refractivity (Wildman–Crippen MR) is 221 cm³/mol. The minimum Gasteiger partial charge on any atom is -0.460 e. The fourth-order valence-corrected chi connectivity index (χ4v) is 9.91. The van der Waals surface area contributed by atoms with Gasteiger partial charge in [-0.1, -0.05) is 59.7 Å². The van der Waals surface area contributed by atoms with Gasteiger partial charge in [-0.3, -0.25) is 14.4 Å². The van der Waals surface area contributed by atoms with E-state index in [9.17, 15) is 14.4 Å². The maximum absolute atomic E-state index is 13.5. The third-order valence-electron chi connectivity index (χ3n) is 10.5. The van der Waals surface area contributed by atoms with Crippen LogP contribution in [0.25, 0.3) is 20.9 Å². The lowest BCUT2D eigenvalue weighted by molar-refractivity contribution is -0.156. The molecule has 0 spiro atoms. The number of aromatic nitrogens is 2. The molecular formula is C44H55N5O4S2. The number of hydrogen-bond donors (Lipinski definition) is 1. The Balaban J connectivity index is 0.000000174. The quantitative estimate of drug-likeness (QED) is 0.177. The van der Waals surface area contributed by atoms with E-state index >= 15 is 0 Å². The highest BCUT2D eigenvalue weighted by molar-refractivity contribution is 7.16. The molecule has 2 N–H and O–H groups in total. The number of thiazole rings is 2. The molecule has 2 atom stereocenters. The zero-order chi connectivity index (χ0) is 38.9. The van der Waals surface area contributed by atoms with E-state index in [1.165, 1.54) is 24.0 Å². The number of benzene rings is 2. The van der Waals surface area contributed by atoms with Crippen molar-refractivity contribution in [3.05, 3.63) is 81.1 Å². The van der Waals surface area contributed by atoms with Crippen molar-refractivity contribution < 1.29 is 19.1 Å². The van der Waals surface area contributed by atoms with Crippen LogP contribution in [0.1, 0.15) is 133 Å². The number of carbonyl (C=O) groups excluding carboxylic acids is 3. The fourth-order valence-electron chi connectivity index (χ4n) is 7.47. The topological polar surface area (TPSA) is 119 Å². The molecular weight excluding hydrogens is 727 g/mol. The lowest BCUT2D eigenvalue weighted by atomic mass is 9.94. The Morgan fingerprint density at radius 2 is 1.24 bits per heavy atom. The van der Waals surface area contributed by atoms with Gasteiger partial charge in [-0.2, -0.15) is 0 Å². The molecule has 2 saturated carbocycles.